The van der Waals surface area contributed by atoms with Crippen molar-refractivity contribution in [3.63, 3.8) is 0 Å². The zero-order valence-corrected chi connectivity index (χ0v) is 17.6. The molecule has 4 aliphatic heterocycles. The van der Waals surface area contributed by atoms with E-state index in [1.807, 2.05) is 64.4 Å². The van der Waals surface area contributed by atoms with Crippen molar-refractivity contribution < 1.29 is 23.0 Å². The summed E-state index contributed by atoms with van der Waals surface area (Å²) in [4.78, 5) is 16.8. The minimum Gasteiger partial charge on any atom is -0.456 e. The van der Waals surface area contributed by atoms with Gasteiger partial charge in [-0.1, -0.05) is 18.2 Å². The van der Waals surface area contributed by atoms with Gasteiger partial charge in [0.05, 0.1) is 31.7 Å². The number of hydrogen-bond acceptors (Lipinski definition) is 5. The van der Waals surface area contributed by atoms with Crippen molar-refractivity contribution in [3.8, 4) is 11.5 Å². The van der Waals surface area contributed by atoms with Crippen LogP contribution in [-0.4, -0.2) is 44.5 Å². The fraction of sp³-hybridized carbons (Fsp3) is 0.269. The summed E-state index contributed by atoms with van der Waals surface area (Å²) < 4.78 is 39.4. The van der Waals surface area contributed by atoms with Gasteiger partial charge in [0.25, 0.3) is 0 Å². The minimum absolute atomic E-state index is 0.349. The lowest BCUT2D eigenvalue weighted by Gasteiger charge is -2.40. The monoisotopic (exact) mass is 446 g/mol. The standard InChI is InChI=1S/C26H20F2N2O3/c27-15-11-29(12-15)17-5-7-21-23(9-17)32-24-10-18(30-13-16(28)14-30)6-8-22(24)26(21)20-4-2-1-3-19(20)25(31)33-26/h1-10,15-16H,11-14H2. The molecule has 7 rings (SSSR count). The molecule has 2 saturated heterocycles. The number of rotatable bonds is 2. The normalized spacial score (nSPS) is 20.4. The number of fused-ring (bicyclic) bond motifs is 6. The third-order valence-electron chi connectivity index (χ3n) is 7.09. The Balaban J connectivity index is 1.42. The highest BCUT2D eigenvalue weighted by molar-refractivity contribution is 5.97. The van der Waals surface area contributed by atoms with Crippen molar-refractivity contribution in [2.45, 2.75) is 17.9 Å². The van der Waals surface area contributed by atoms with Gasteiger partial charge in [-0.05, 0) is 30.3 Å². The zero-order valence-electron chi connectivity index (χ0n) is 17.6. The summed E-state index contributed by atoms with van der Waals surface area (Å²) >= 11 is 0. The van der Waals surface area contributed by atoms with Gasteiger partial charge in [0.1, 0.15) is 23.8 Å². The molecule has 4 aliphatic rings. The van der Waals surface area contributed by atoms with Crippen LogP contribution in [0.5, 0.6) is 11.5 Å². The number of anilines is 2. The molecule has 4 heterocycles. The fourth-order valence-corrected chi connectivity index (χ4v) is 5.32. The molecule has 0 radical (unpaired) electrons. The molecular weight excluding hydrogens is 426 g/mol. The van der Waals surface area contributed by atoms with Gasteiger partial charge in [0.15, 0.2) is 5.60 Å². The van der Waals surface area contributed by atoms with Gasteiger partial charge in [-0.3, -0.25) is 0 Å². The second kappa shape index (κ2) is 6.47. The van der Waals surface area contributed by atoms with E-state index in [1.54, 1.807) is 6.07 Å². The largest absolute Gasteiger partial charge is 0.456 e. The predicted octanol–water partition coefficient (Wildman–Crippen LogP) is 4.57. The van der Waals surface area contributed by atoms with E-state index in [-0.39, 0.29) is 5.97 Å². The maximum absolute atomic E-state index is 13.5. The fourth-order valence-electron chi connectivity index (χ4n) is 5.32. The molecule has 0 bridgehead atoms. The molecular formula is C26H20F2N2O3. The molecule has 166 valence electrons. The molecule has 0 atom stereocenters. The number of esters is 1. The number of ether oxygens (including phenoxy) is 2. The van der Waals surface area contributed by atoms with Crippen LogP contribution in [0.3, 0.4) is 0 Å². The number of halogens is 2. The Morgan fingerprint density at radius 1 is 0.758 bits per heavy atom. The van der Waals surface area contributed by atoms with E-state index in [0.29, 0.717) is 43.2 Å². The smallest absolute Gasteiger partial charge is 0.340 e. The lowest BCUT2D eigenvalue weighted by Crippen LogP contribution is -2.48. The molecule has 3 aromatic carbocycles. The van der Waals surface area contributed by atoms with Gasteiger partial charge in [-0.2, -0.15) is 0 Å². The van der Waals surface area contributed by atoms with Crippen LogP contribution >= 0.6 is 0 Å². The third-order valence-corrected chi connectivity index (χ3v) is 7.09. The number of nitrogens with zero attached hydrogens (tertiary/aromatic N) is 2. The van der Waals surface area contributed by atoms with Crippen molar-refractivity contribution in [2.75, 3.05) is 36.0 Å². The predicted molar refractivity (Wildman–Crippen MR) is 119 cm³/mol. The lowest BCUT2D eigenvalue weighted by molar-refractivity contribution is 0.0224. The molecule has 3 aromatic rings. The Morgan fingerprint density at radius 2 is 1.30 bits per heavy atom. The Hall–Kier alpha value is -3.61. The maximum Gasteiger partial charge on any atom is 0.340 e. The summed E-state index contributed by atoms with van der Waals surface area (Å²) in [5, 5.41) is 0. The first kappa shape index (κ1) is 18.9. The van der Waals surface area contributed by atoms with Gasteiger partial charge >= 0.3 is 5.97 Å². The van der Waals surface area contributed by atoms with E-state index < -0.39 is 17.9 Å². The number of alkyl halides is 2. The quantitative estimate of drug-likeness (QED) is 0.540. The number of carbonyl (C=O) groups is 1. The maximum atomic E-state index is 13.5. The van der Waals surface area contributed by atoms with Crippen LogP contribution in [0, 0.1) is 0 Å². The molecule has 7 heteroatoms. The van der Waals surface area contributed by atoms with E-state index in [0.717, 1.165) is 28.1 Å². The van der Waals surface area contributed by atoms with E-state index in [2.05, 4.69) is 0 Å². The van der Waals surface area contributed by atoms with Gasteiger partial charge in [0, 0.05) is 40.2 Å². The summed E-state index contributed by atoms with van der Waals surface area (Å²) in [5.41, 5.74) is 3.33. The Labute approximate surface area is 189 Å². The summed E-state index contributed by atoms with van der Waals surface area (Å²) in [6.07, 6.45) is -1.65. The number of carbonyl (C=O) groups excluding carboxylic acids is 1. The summed E-state index contributed by atoms with van der Waals surface area (Å²) in [6, 6.07) is 18.8. The van der Waals surface area contributed by atoms with E-state index in [4.69, 9.17) is 9.47 Å². The molecule has 5 nitrogen and oxygen atoms in total. The van der Waals surface area contributed by atoms with Crippen LogP contribution in [0.25, 0.3) is 0 Å². The first-order chi connectivity index (χ1) is 16.0. The van der Waals surface area contributed by atoms with Crippen LogP contribution in [0.1, 0.15) is 27.0 Å². The molecule has 1 spiro atoms. The third kappa shape index (κ3) is 2.53. The molecule has 0 saturated carbocycles. The molecule has 2 fully saturated rings. The lowest BCUT2D eigenvalue weighted by atomic mass is 9.77. The van der Waals surface area contributed by atoms with Crippen molar-refractivity contribution in [2.24, 2.45) is 0 Å². The van der Waals surface area contributed by atoms with Gasteiger partial charge in [-0.15, -0.1) is 0 Å². The highest BCUT2D eigenvalue weighted by atomic mass is 19.1. The highest BCUT2D eigenvalue weighted by Crippen LogP contribution is 2.57. The Kier molecular flexibility index (Phi) is 3.71. The van der Waals surface area contributed by atoms with Crippen molar-refractivity contribution in [1.29, 1.82) is 0 Å². The van der Waals surface area contributed by atoms with Gasteiger partial charge in [-0.25, -0.2) is 13.6 Å². The van der Waals surface area contributed by atoms with Crippen LogP contribution in [0.2, 0.25) is 0 Å². The molecule has 33 heavy (non-hydrogen) atoms. The van der Waals surface area contributed by atoms with Gasteiger partial charge < -0.3 is 19.3 Å². The first-order valence-electron chi connectivity index (χ1n) is 11.1. The average molecular weight is 446 g/mol. The molecule has 0 amide bonds. The Morgan fingerprint density at radius 3 is 1.85 bits per heavy atom. The number of benzene rings is 3. The minimum atomic E-state index is -1.14. The van der Waals surface area contributed by atoms with Crippen molar-refractivity contribution in [1.82, 2.24) is 0 Å². The second-order valence-corrected chi connectivity index (χ2v) is 9.08. The van der Waals surface area contributed by atoms with E-state index >= 15 is 0 Å². The van der Waals surface area contributed by atoms with Crippen LogP contribution in [0.15, 0.2) is 60.7 Å². The second-order valence-electron chi connectivity index (χ2n) is 9.08. The number of hydrogen-bond donors (Lipinski definition) is 0. The summed E-state index contributed by atoms with van der Waals surface area (Å²) in [5.74, 6) is 0.746. The van der Waals surface area contributed by atoms with Crippen molar-refractivity contribution in [3.05, 3.63) is 82.9 Å². The summed E-state index contributed by atoms with van der Waals surface area (Å²) in [7, 11) is 0. The molecule has 0 unspecified atom stereocenters. The average Bonchev–Trinajstić information content (AvgIpc) is 3.07. The molecule has 0 N–H and O–H groups in total. The Bertz CT molecular complexity index is 1250. The molecule has 0 aliphatic carbocycles. The topological polar surface area (TPSA) is 42.0 Å². The zero-order chi connectivity index (χ0) is 22.3. The summed E-state index contributed by atoms with van der Waals surface area (Å²) in [6.45, 7) is 1.40. The SMILES string of the molecule is O=C1OC2(c3ccc(N4CC(F)C4)cc3Oc3cc(N4CC(F)C4)ccc32)c2ccccc21. The highest BCUT2D eigenvalue weighted by Gasteiger charge is 2.53. The molecule has 0 aromatic heterocycles. The van der Waals surface area contributed by atoms with Crippen LogP contribution in [-0.2, 0) is 10.3 Å². The first-order valence-corrected chi connectivity index (χ1v) is 11.1. The van der Waals surface area contributed by atoms with Crippen LogP contribution < -0.4 is 14.5 Å². The van der Waals surface area contributed by atoms with Crippen LogP contribution in [0.4, 0.5) is 20.2 Å². The van der Waals surface area contributed by atoms with Gasteiger partial charge in [0.2, 0.25) is 0 Å². The van der Waals surface area contributed by atoms with E-state index in [9.17, 15) is 13.6 Å². The van der Waals surface area contributed by atoms with E-state index in [1.165, 1.54) is 0 Å². The van der Waals surface area contributed by atoms with Crippen molar-refractivity contribution >= 4 is 17.3 Å².